The molecule has 0 spiro atoms. The summed E-state index contributed by atoms with van der Waals surface area (Å²) in [5.41, 5.74) is 7.85. The number of aromatic nitrogens is 2. The summed E-state index contributed by atoms with van der Waals surface area (Å²) in [5.74, 6) is 0. The topological polar surface area (TPSA) is 47.1 Å². The van der Waals surface area contributed by atoms with Crippen LogP contribution in [0.25, 0.3) is 10.9 Å². The smallest absolute Gasteiger partial charge is 0.0684 e. The fourth-order valence-corrected chi connectivity index (χ4v) is 1.65. The number of nitrogens with zero attached hydrogens (tertiary/aromatic N) is 3. The predicted octanol–water partition coefficient (Wildman–Crippen LogP) is 1.06. The Labute approximate surface area is 89.3 Å². The molecule has 2 N–H and O–H groups in total. The maximum absolute atomic E-state index is 5.52. The monoisotopic (exact) mass is 204 g/mol. The van der Waals surface area contributed by atoms with E-state index < -0.39 is 0 Å². The molecule has 4 nitrogen and oxygen atoms in total. The third-order valence-corrected chi connectivity index (χ3v) is 2.48. The zero-order valence-electron chi connectivity index (χ0n) is 9.14. The maximum Gasteiger partial charge on any atom is 0.0684 e. The minimum atomic E-state index is 0.617. The van der Waals surface area contributed by atoms with Crippen LogP contribution in [0.2, 0.25) is 0 Å². The highest BCUT2D eigenvalue weighted by Gasteiger charge is 2.03. The van der Waals surface area contributed by atoms with Crippen molar-refractivity contribution >= 4 is 16.6 Å². The Morgan fingerprint density at radius 2 is 2.20 bits per heavy atom. The van der Waals surface area contributed by atoms with Gasteiger partial charge in [-0.2, -0.15) is 5.10 Å². The minimum Gasteiger partial charge on any atom is -0.378 e. The fourth-order valence-electron chi connectivity index (χ4n) is 1.65. The van der Waals surface area contributed by atoms with Gasteiger partial charge in [-0.05, 0) is 18.2 Å². The second kappa shape index (κ2) is 3.90. The summed E-state index contributed by atoms with van der Waals surface area (Å²) < 4.78 is 1.94. The molecule has 80 valence electrons. The van der Waals surface area contributed by atoms with Crippen LogP contribution in [0.3, 0.4) is 0 Å². The highest BCUT2D eigenvalue weighted by atomic mass is 15.3. The van der Waals surface area contributed by atoms with Crippen LogP contribution in [0.4, 0.5) is 5.69 Å². The number of nitrogens with two attached hydrogens (primary N) is 1. The Kier molecular flexibility index (Phi) is 2.60. The van der Waals surface area contributed by atoms with Gasteiger partial charge in [-0.3, -0.25) is 4.68 Å². The molecular formula is C11H16N4. The first-order valence-electron chi connectivity index (χ1n) is 5.05. The summed E-state index contributed by atoms with van der Waals surface area (Å²) in [6.45, 7) is 1.39. The van der Waals surface area contributed by atoms with Crippen LogP contribution >= 0.6 is 0 Å². The van der Waals surface area contributed by atoms with Crippen LogP contribution in [0, 0.1) is 0 Å². The maximum atomic E-state index is 5.52. The molecule has 1 aromatic heterocycles. The largest absolute Gasteiger partial charge is 0.378 e. The molecule has 2 rings (SSSR count). The quantitative estimate of drug-likeness (QED) is 0.813. The van der Waals surface area contributed by atoms with Crippen molar-refractivity contribution in [3.63, 3.8) is 0 Å². The van der Waals surface area contributed by atoms with Gasteiger partial charge >= 0.3 is 0 Å². The van der Waals surface area contributed by atoms with E-state index in [4.69, 9.17) is 5.73 Å². The predicted molar refractivity (Wildman–Crippen MR) is 63.1 cm³/mol. The molecule has 0 saturated carbocycles. The normalized spacial score (nSPS) is 10.9. The van der Waals surface area contributed by atoms with Crippen LogP contribution < -0.4 is 10.6 Å². The molecule has 0 atom stereocenters. The van der Waals surface area contributed by atoms with Crippen LogP contribution in [-0.2, 0) is 6.54 Å². The van der Waals surface area contributed by atoms with E-state index in [9.17, 15) is 0 Å². The first-order valence-corrected chi connectivity index (χ1v) is 5.05. The van der Waals surface area contributed by atoms with Gasteiger partial charge in [0.25, 0.3) is 0 Å². The minimum absolute atomic E-state index is 0.617. The fraction of sp³-hybridized carbons (Fsp3) is 0.364. The summed E-state index contributed by atoms with van der Waals surface area (Å²) in [7, 11) is 4.07. The summed E-state index contributed by atoms with van der Waals surface area (Å²) >= 11 is 0. The molecule has 15 heavy (non-hydrogen) atoms. The number of anilines is 1. The second-order valence-corrected chi connectivity index (χ2v) is 3.79. The van der Waals surface area contributed by atoms with E-state index in [2.05, 4.69) is 28.2 Å². The van der Waals surface area contributed by atoms with Crippen LogP contribution in [0.5, 0.6) is 0 Å². The number of hydrogen-bond acceptors (Lipinski definition) is 3. The van der Waals surface area contributed by atoms with Gasteiger partial charge < -0.3 is 10.6 Å². The van der Waals surface area contributed by atoms with Crippen molar-refractivity contribution in [3.8, 4) is 0 Å². The zero-order chi connectivity index (χ0) is 10.8. The van der Waals surface area contributed by atoms with Gasteiger partial charge in [-0.15, -0.1) is 0 Å². The van der Waals surface area contributed by atoms with Gasteiger partial charge in [0, 0.05) is 31.7 Å². The van der Waals surface area contributed by atoms with E-state index in [1.165, 1.54) is 5.69 Å². The lowest BCUT2D eigenvalue weighted by molar-refractivity contribution is 0.646. The molecule has 1 aromatic carbocycles. The van der Waals surface area contributed by atoms with Gasteiger partial charge in [0.05, 0.1) is 18.3 Å². The van der Waals surface area contributed by atoms with Gasteiger partial charge in [0.15, 0.2) is 0 Å². The third kappa shape index (κ3) is 1.80. The molecule has 0 aliphatic heterocycles. The van der Waals surface area contributed by atoms with Crippen molar-refractivity contribution in [2.45, 2.75) is 6.54 Å². The van der Waals surface area contributed by atoms with Gasteiger partial charge in [-0.1, -0.05) is 0 Å². The second-order valence-electron chi connectivity index (χ2n) is 3.79. The molecule has 0 fully saturated rings. The number of rotatable bonds is 3. The lowest BCUT2D eigenvalue weighted by Gasteiger charge is -2.12. The molecule has 2 aromatic rings. The van der Waals surface area contributed by atoms with E-state index in [-0.39, 0.29) is 0 Å². The Morgan fingerprint density at radius 3 is 2.87 bits per heavy atom. The standard InChI is InChI=1S/C11H16N4/c1-14(2)10-3-4-11-9(7-10)8-13-15(11)6-5-12/h3-4,7-8H,5-6,12H2,1-2H3. The number of fused-ring (bicyclic) bond motifs is 1. The van der Waals surface area contributed by atoms with Gasteiger partial charge in [0.2, 0.25) is 0 Å². The number of hydrogen-bond donors (Lipinski definition) is 1. The van der Waals surface area contributed by atoms with E-state index in [1.807, 2.05) is 25.0 Å². The molecule has 0 aliphatic rings. The summed E-state index contributed by atoms with van der Waals surface area (Å²) in [4.78, 5) is 2.08. The van der Waals surface area contributed by atoms with E-state index in [0.29, 0.717) is 6.54 Å². The van der Waals surface area contributed by atoms with Crippen molar-refractivity contribution in [2.24, 2.45) is 5.73 Å². The molecule has 0 bridgehead atoms. The van der Waals surface area contributed by atoms with Gasteiger partial charge in [-0.25, -0.2) is 0 Å². The average molecular weight is 204 g/mol. The van der Waals surface area contributed by atoms with Crippen LogP contribution in [-0.4, -0.2) is 30.4 Å². The van der Waals surface area contributed by atoms with E-state index >= 15 is 0 Å². The lowest BCUT2D eigenvalue weighted by atomic mass is 10.2. The van der Waals surface area contributed by atoms with Crippen LogP contribution in [0.15, 0.2) is 24.4 Å². The molecule has 0 amide bonds. The van der Waals surface area contributed by atoms with Gasteiger partial charge in [0.1, 0.15) is 0 Å². The molecule has 4 heteroatoms. The molecule has 0 radical (unpaired) electrons. The van der Waals surface area contributed by atoms with Crippen LogP contribution in [0.1, 0.15) is 0 Å². The first kappa shape index (κ1) is 9.98. The Hall–Kier alpha value is -1.55. The highest BCUT2D eigenvalue weighted by Crippen LogP contribution is 2.20. The van der Waals surface area contributed by atoms with Crippen molar-refractivity contribution in [3.05, 3.63) is 24.4 Å². The van der Waals surface area contributed by atoms with Crippen molar-refractivity contribution in [2.75, 3.05) is 25.5 Å². The van der Waals surface area contributed by atoms with Crippen molar-refractivity contribution < 1.29 is 0 Å². The lowest BCUT2D eigenvalue weighted by Crippen LogP contribution is -2.11. The molecule has 0 saturated heterocycles. The zero-order valence-corrected chi connectivity index (χ0v) is 9.14. The summed E-state index contributed by atoms with van der Waals surface area (Å²) in [5, 5.41) is 5.47. The highest BCUT2D eigenvalue weighted by molar-refractivity contribution is 5.82. The molecule has 1 heterocycles. The molecular weight excluding hydrogens is 188 g/mol. The Morgan fingerprint density at radius 1 is 1.40 bits per heavy atom. The number of benzene rings is 1. The Bertz CT molecular complexity index is 459. The van der Waals surface area contributed by atoms with Crippen molar-refractivity contribution in [1.82, 2.24) is 9.78 Å². The third-order valence-electron chi connectivity index (χ3n) is 2.48. The molecule has 0 unspecified atom stereocenters. The SMILES string of the molecule is CN(C)c1ccc2c(cnn2CCN)c1. The average Bonchev–Trinajstić information content (AvgIpc) is 2.61. The Balaban J connectivity index is 2.47. The van der Waals surface area contributed by atoms with E-state index in [0.717, 1.165) is 17.4 Å². The summed E-state index contributed by atoms with van der Waals surface area (Å²) in [6.07, 6.45) is 1.89. The van der Waals surface area contributed by atoms with E-state index in [1.54, 1.807) is 0 Å². The first-order chi connectivity index (χ1) is 7.22. The van der Waals surface area contributed by atoms with Crippen molar-refractivity contribution in [1.29, 1.82) is 0 Å². The molecule has 0 aliphatic carbocycles. The summed E-state index contributed by atoms with van der Waals surface area (Å²) in [6, 6.07) is 6.32.